The molecule has 0 spiro atoms. The molecule has 0 unspecified atom stereocenters. The van der Waals surface area contributed by atoms with Gasteiger partial charge in [-0.25, -0.2) is 0 Å². The summed E-state index contributed by atoms with van der Waals surface area (Å²) in [6.45, 7) is 9.09. The summed E-state index contributed by atoms with van der Waals surface area (Å²) in [5.41, 5.74) is 8.74. The molecule has 1 aromatic carbocycles. The molecule has 0 saturated carbocycles. The number of nitrogens with two attached hydrogens (primary N) is 1. The van der Waals surface area contributed by atoms with Crippen LogP contribution in [0.2, 0.25) is 0 Å². The normalized spacial score (nSPS) is 10.8. The Morgan fingerprint density at radius 3 is 2.95 bits per heavy atom. The molecule has 0 radical (unpaired) electrons. The minimum Gasteiger partial charge on any atom is -0.397 e. The van der Waals surface area contributed by atoms with Crippen LogP contribution in [0.3, 0.4) is 0 Å². The Kier molecular flexibility index (Phi) is 4.98. The SMILES string of the molecule is C=C(C)COCCNC(=O)c1sc2ccc(C)cc2c1N. The molecule has 2 rings (SSSR count). The number of nitrogens with one attached hydrogen (secondary N) is 1. The number of ether oxygens (including phenoxy) is 1. The fourth-order valence-corrected chi connectivity index (χ4v) is 2.98. The molecule has 0 aliphatic carbocycles. The summed E-state index contributed by atoms with van der Waals surface area (Å²) in [7, 11) is 0. The van der Waals surface area contributed by atoms with E-state index in [1.165, 1.54) is 11.3 Å². The third-order valence-corrected chi connectivity index (χ3v) is 4.15. The molecule has 0 fully saturated rings. The summed E-state index contributed by atoms with van der Waals surface area (Å²) < 4.78 is 6.37. The highest BCUT2D eigenvalue weighted by Gasteiger charge is 2.15. The van der Waals surface area contributed by atoms with Crippen LogP contribution in [-0.2, 0) is 4.74 Å². The van der Waals surface area contributed by atoms with E-state index in [1.807, 2.05) is 32.0 Å². The topological polar surface area (TPSA) is 64.3 Å². The van der Waals surface area contributed by atoms with Crippen LogP contribution < -0.4 is 11.1 Å². The quantitative estimate of drug-likeness (QED) is 0.636. The minimum absolute atomic E-state index is 0.148. The Morgan fingerprint density at radius 1 is 1.48 bits per heavy atom. The summed E-state index contributed by atoms with van der Waals surface area (Å²) in [6.07, 6.45) is 0. The summed E-state index contributed by atoms with van der Waals surface area (Å²) in [4.78, 5) is 12.7. The molecule has 0 bridgehead atoms. The van der Waals surface area contributed by atoms with E-state index in [0.717, 1.165) is 21.2 Å². The van der Waals surface area contributed by atoms with Gasteiger partial charge in [-0.05, 0) is 26.0 Å². The molecule has 1 heterocycles. The second-order valence-corrected chi connectivity index (χ2v) is 6.16. The largest absolute Gasteiger partial charge is 0.397 e. The van der Waals surface area contributed by atoms with Gasteiger partial charge in [0.25, 0.3) is 5.91 Å². The molecule has 1 aromatic heterocycles. The molecular formula is C16H20N2O2S. The van der Waals surface area contributed by atoms with Crippen LogP contribution in [0.25, 0.3) is 10.1 Å². The van der Waals surface area contributed by atoms with Crippen molar-refractivity contribution in [2.24, 2.45) is 0 Å². The zero-order valence-corrected chi connectivity index (χ0v) is 13.2. The molecule has 5 heteroatoms. The van der Waals surface area contributed by atoms with Crippen molar-refractivity contribution in [1.29, 1.82) is 0 Å². The fraction of sp³-hybridized carbons (Fsp3) is 0.312. The monoisotopic (exact) mass is 304 g/mol. The Bertz CT molecular complexity index is 676. The lowest BCUT2D eigenvalue weighted by atomic mass is 10.1. The van der Waals surface area contributed by atoms with E-state index in [4.69, 9.17) is 10.5 Å². The van der Waals surface area contributed by atoms with Crippen LogP contribution in [0.5, 0.6) is 0 Å². The molecule has 4 nitrogen and oxygen atoms in total. The summed E-state index contributed by atoms with van der Waals surface area (Å²) in [5, 5.41) is 3.77. The van der Waals surface area contributed by atoms with Gasteiger partial charge in [0, 0.05) is 16.6 Å². The van der Waals surface area contributed by atoms with Crippen molar-refractivity contribution in [3.05, 3.63) is 40.8 Å². The number of thiophene rings is 1. The summed E-state index contributed by atoms with van der Waals surface area (Å²) in [6, 6.07) is 6.03. The van der Waals surface area contributed by atoms with E-state index < -0.39 is 0 Å². The van der Waals surface area contributed by atoms with Gasteiger partial charge in [0.15, 0.2) is 0 Å². The van der Waals surface area contributed by atoms with Crippen molar-refractivity contribution in [1.82, 2.24) is 5.32 Å². The van der Waals surface area contributed by atoms with Gasteiger partial charge in [0.05, 0.1) is 18.9 Å². The maximum Gasteiger partial charge on any atom is 0.263 e. The van der Waals surface area contributed by atoms with Gasteiger partial charge in [0.2, 0.25) is 0 Å². The van der Waals surface area contributed by atoms with Gasteiger partial charge in [-0.15, -0.1) is 11.3 Å². The first-order valence-corrected chi connectivity index (χ1v) is 7.59. The Balaban J connectivity index is 1.99. The highest BCUT2D eigenvalue weighted by Crippen LogP contribution is 2.34. The highest BCUT2D eigenvalue weighted by atomic mass is 32.1. The van der Waals surface area contributed by atoms with Crippen LogP contribution in [0.4, 0.5) is 5.69 Å². The number of rotatable bonds is 6. The molecule has 0 atom stereocenters. The second-order valence-electron chi connectivity index (χ2n) is 5.11. The number of amides is 1. The van der Waals surface area contributed by atoms with Crippen LogP contribution >= 0.6 is 11.3 Å². The number of carbonyl (C=O) groups excluding carboxylic acids is 1. The first-order valence-electron chi connectivity index (χ1n) is 6.78. The lowest BCUT2D eigenvalue weighted by Crippen LogP contribution is -2.27. The Hall–Kier alpha value is -1.85. The van der Waals surface area contributed by atoms with Crippen molar-refractivity contribution in [2.75, 3.05) is 25.5 Å². The maximum absolute atomic E-state index is 12.2. The van der Waals surface area contributed by atoms with Crippen LogP contribution in [-0.4, -0.2) is 25.7 Å². The molecule has 1 amide bonds. The molecule has 112 valence electrons. The summed E-state index contributed by atoms with van der Waals surface area (Å²) >= 11 is 1.42. The van der Waals surface area contributed by atoms with Crippen LogP contribution in [0, 0.1) is 6.92 Å². The van der Waals surface area contributed by atoms with Gasteiger partial charge in [-0.3, -0.25) is 4.79 Å². The Morgan fingerprint density at radius 2 is 2.24 bits per heavy atom. The van der Waals surface area contributed by atoms with Crippen LogP contribution in [0.15, 0.2) is 30.4 Å². The van der Waals surface area contributed by atoms with Gasteiger partial charge < -0.3 is 15.8 Å². The predicted octanol–water partition coefficient (Wildman–Crippen LogP) is 3.11. The number of anilines is 1. The molecule has 0 saturated heterocycles. The number of fused-ring (bicyclic) bond motifs is 1. The van der Waals surface area contributed by atoms with Crippen molar-refractivity contribution in [3.8, 4) is 0 Å². The third kappa shape index (κ3) is 3.83. The number of nitrogen functional groups attached to an aromatic ring is 1. The standard InChI is InChI=1S/C16H20N2O2S/c1-10(2)9-20-7-6-18-16(19)15-14(17)12-8-11(3)4-5-13(12)21-15/h4-5,8H,1,6-7,9,17H2,2-3H3,(H,18,19). The van der Waals surface area contributed by atoms with Gasteiger partial charge in [-0.2, -0.15) is 0 Å². The molecule has 3 N–H and O–H groups in total. The van der Waals surface area contributed by atoms with E-state index in [9.17, 15) is 4.79 Å². The van der Waals surface area contributed by atoms with E-state index in [0.29, 0.717) is 30.3 Å². The third-order valence-electron chi connectivity index (χ3n) is 2.97. The number of hydrogen-bond acceptors (Lipinski definition) is 4. The van der Waals surface area contributed by atoms with E-state index in [2.05, 4.69) is 11.9 Å². The van der Waals surface area contributed by atoms with E-state index in [-0.39, 0.29) is 5.91 Å². The number of hydrogen-bond donors (Lipinski definition) is 2. The molecular weight excluding hydrogens is 284 g/mol. The summed E-state index contributed by atoms with van der Waals surface area (Å²) in [5.74, 6) is -0.148. The van der Waals surface area contributed by atoms with Crippen molar-refractivity contribution in [2.45, 2.75) is 13.8 Å². The zero-order chi connectivity index (χ0) is 15.4. The lowest BCUT2D eigenvalue weighted by molar-refractivity contribution is 0.0931. The van der Waals surface area contributed by atoms with Crippen molar-refractivity contribution >= 4 is 33.0 Å². The number of aryl methyl sites for hydroxylation is 1. The van der Waals surface area contributed by atoms with Crippen LogP contribution in [0.1, 0.15) is 22.2 Å². The molecule has 0 aliphatic heterocycles. The molecule has 21 heavy (non-hydrogen) atoms. The average Bonchev–Trinajstić information content (AvgIpc) is 2.75. The smallest absolute Gasteiger partial charge is 0.263 e. The predicted molar refractivity (Wildman–Crippen MR) is 88.9 cm³/mol. The first-order chi connectivity index (χ1) is 9.99. The Labute approximate surface area is 128 Å². The minimum atomic E-state index is -0.148. The van der Waals surface area contributed by atoms with Crippen molar-refractivity contribution < 1.29 is 9.53 Å². The fourth-order valence-electron chi connectivity index (χ4n) is 1.96. The number of carbonyl (C=O) groups is 1. The highest BCUT2D eigenvalue weighted by molar-refractivity contribution is 7.21. The number of benzene rings is 1. The van der Waals surface area contributed by atoms with Gasteiger partial charge in [-0.1, -0.05) is 23.8 Å². The van der Waals surface area contributed by atoms with Crippen molar-refractivity contribution in [3.63, 3.8) is 0 Å². The average molecular weight is 304 g/mol. The van der Waals surface area contributed by atoms with Gasteiger partial charge >= 0.3 is 0 Å². The zero-order valence-electron chi connectivity index (χ0n) is 12.4. The first kappa shape index (κ1) is 15.5. The molecule has 0 aliphatic rings. The van der Waals surface area contributed by atoms with E-state index in [1.54, 1.807) is 0 Å². The van der Waals surface area contributed by atoms with E-state index >= 15 is 0 Å². The maximum atomic E-state index is 12.2. The second kappa shape index (κ2) is 6.74. The van der Waals surface area contributed by atoms with Gasteiger partial charge in [0.1, 0.15) is 4.88 Å². The molecule has 2 aromatic rings. The lowest BCUT2D eigenvalue weighted by Gasteiger charge is -2.05.